The van der Waals surface area contributed by atoms with Gasteiger partial charge in [0.1, 0.15) is 0 Å². The first-order valence-electron chi connectivity index (χ1n) is 2.07. The molecule has 0 aromatic rings. The summed E-state index contributed by atoms with van der Waals surface area (Å²) in [5, 5.41) is 0. The second-order valence-electron chi connectivity index (χ2n) is 1.00. The number of rotatable bonds is 0. The Labute approximate surface area is 129 Å². The molecule has 0 aromatic carbocycles. The van der Waals surface area contributed by atoms with Crippen molar-refractivity contribution in [3.8, 4) is 0 Å². The van der Waals surface area contributed by atoms with Crippen molar-refractivity contribution in [3.05, 3.63) is 68.9 Å². The Hall–Kier alpha value is 1.16. The fraction of sp³-hybridized carbons (Fsp3) is 0.0909. The second-order valence-corrected chi connectivity index (χ2v) is 1.00. The van der Waals surface area contributed by atoms with Crippen molar-refractivity contribution < 1.29 is 23.3 Å². The van der Waals surface area contributed by atoms with E-state index in [2.05, 4.69) is 12.2 Å². The second kappa shape index (κ2) is 80.1. The van der Waals surface area contributed by atoms with Crippen LogP contribution in [-0.4, -0.2) is 6.88 Å². The first-order chi connectivity index (χ1) is 3.50. The average Bonchev–Trinajstić information content (AvgIpc) is 2.23. The van der Waals surface area contributed by atoms with Gasteiger partial charge in [-0.3, -0.25) is 6.08 Å². The van der Waals surface area contributed by atoms with E-state index >= 15 is 0 Å². The van der Waals surface area contributed by atoms with Crippen LogP contribution in [0.1, 0.15) is 6.42 Å². The zero-order chi connectivity index (χ0) is 5.54. The van der Waals surface area contributed by atoms with E-state index in [1.54, 1.807) is 23.3 Å². The summed E-state index contributed by atoms with van der Waals surface area (Å²) in [6.07, 6.45) is 10.0. The van der Waals surface area contributed by atoms with Crippen LogP contribution in [0.25, 0.3) is 0 Å². The van der Waals surface area contributed by atoms with Crippen molar-refractivity contribution in [2.75, 3.05) is 0 Å². The van der Waals surface area contributed by atoms with Gasteiger partial charge in [0.2, 0.25) is 0 Å². The predicted molar refractivity (Wildman–Crippen MR) is 83.1 cm³/mol. The molecule has 1 rings (SSSR count). The van der Waals surface area contributed by atoms with Crippen molar-refractivity contribution in [1.82, 2.24) is 0 Å². The minimum absolute atomic E-state index is 0. The van der Waals surface area contributed by atoms with Gasteiger partial charge in [-0.1, -0.05) is 0 Å². The third kappa shape index (κ3) is 69.2. The fourth-order valence-electron chi connectivity index (χ4n) is 0.340. The van der Waals surface area contributed by atoms with Crippen LogP contribution in [0.4, 0.5) is 0 Å². The van der Waals surface area contributed by atoms with Crippen LogP contribution >= 0.6 is 24.8 Å². The molecule has 0 atom stereocenters. The molecular formula is C11H27Cl2SiZr-7. The third-order valence-corrected chi connectivity index (χ3v) is 0.586. The molecule has 0 saturated heterocycles. The van der Waals surface area contributed by atoms with Crippen molar-refractivity contribution in [2.45, 2.75) is 6.42 Å². The van der Waals surface area contributed by atoms with Crippen LogP contribution < -0.4 is 0 Å². The van der Waals surface area contributed by atoms with Gasteiger partial charge in [0.15, 0.2) is 0 Å². The molecule has 4 heteroatoms. The maximum absolute atomic E-state index is 2.99. The molecule has 0 heterocycles. The predicted octanol–water partition coefficient (Wildman–Crippen LogP) is 3.93. The van der Waals surface area contributed by atoms with Crippen LogP contribution in [0.2, 0.25) is 0 Å². The molecular weight excluding hydrogens is 322 g/mol. The van der Waals surface area contributed by atoms with E-state index in [0.29, 0.717) is 0 Å². The van der Waals surface area contributed by atoms with Crippen molar-refractivity contribution in [1.29, 1.82) is 0 Å². The Morgan fingerprint density at radius 2 is 1.20 bits per heavy atom. The molecule has 1 aliphatic carbocycles. The van der Waals surface area contributed by atoms with Gasteiger partial charge in [-0.2, -0.15) is 6.08 Å². The van der Waals surface area contributed by atoms with E-state index in [-0.39, 0.29) is 69.4 Å². The molecule has 0 bridgehead atoms. The first kappa shape index (κ1) is 72.4. The van der Waals surface area contributed by atoms with Crippen molar-refractivity contribution in [2.24, 2.45) is 0 Å². The zero-order valence-electron chi connectivity index (χ0n) is 11.0. The van der Waals surface area contributed by atoms with Gasteiger partial charge in [0.25, 0.3) is 0 Å². The van der Waals surface area contributed by atoms with Gasteiger partial charge in [-0.05, 0) is 0 Å². The molecule has 0 saturated carbocycles. The number of hydrogen-bond donors (Lipinski definition) is 0. The summed E-state index contributed by atoms with van der Waals surface area (Å²) in [7, 11) is 0. The van der Waals surface area contributed by atoms with Crippen LogP contribution in [0.5, 0.6) is 0 Å². The van der Waals surface area contributed by atoms with E-state index < -0.39 is 0 Å². The van der Waals surface area contributed by atoms with E-state index in [9.17, 15) is 0 Å². The molecule has 0 fully saturated rings. The monoisotopic (exact) mass is 347 g/mol. The zero-order valence-corrected chi connectivity index (χ0v) is 16.5. The van der Waals surface area contributed by atoms with Gasteiger partial charge in [0.05, 0.1) is 0 Å². The average molecular weight is 350 g/mol. The van der Waals surface area contributed by atoms with E-state index in [1.807, 2.05) is 19.0 Å². The summed E-state index contributed by atoms with van der Waals surface area (Å²) in [6, 6.07) is 0. The molecule has 15 heavy (non-hydrogen) atoms. The summed E-state index contributed by atoms with van der Waals surface area (Å²) in [6.45, 7) is 1.95. The molecule has 0 unspecified atom stereocenters. The minimum atomic E-state index is 0. The Morgan fingerprint density at radius 1 is 0.867 bits per heavy atom. The SMILES string of the molecule is Cl.Cl.[C-]1=CC=CC1.[CH3-].[CH3-].[CH3-].[CH3-].[CH3-].[CH3-].[SiH2]=[Zr]. The first-order valence-corrected chi connectivity index (χ1v) is 7.99. The summed E-state index contributed by atoms with van der Waals surface area (Å²) in [5.74, 6) is 0. The molecule has 1 aliphatic rings. The third-order valence-electron chi connectivity index (χ3n) is 0.586. The van der Waals surface area contributed by atoms with E-state index in [4.69, 9.17) is 0 Å². The normalized spacial score (nSPS) is 6.07. The molecule has 0 N–H and O–H groups in total. The quantitative estimate of drug-likeness (QED) is 0.459. The Balaban J connectivity index is -0.00000000495. The number of hydrogen-bond acceptors (Lipinski definition) is 0. The summed E-state index contributed by atoms with van der Waals surface area (Å²) >= 11 is 1.58. The van der Waals surface area contributed by atoms with E-state index in [1.165, 1.54) is 0 Å². The molecule has 0 amide bonds. The molecule has 100 valence electrons. The van der Waals surface area contributed by atoms with Crippen LogP contribution in [0.15, 0.2) is 18.2 Å². The number of allylic oxidation sites excluding steroid dienone is 4. The molecule has 0 radical (unpaired) electrons. The van der Waals surface area contributed by atoms with Gasteiger partial charge >= 0.3 is 30.2 Å². The standard InChI is InChI=1S/C5H5.6CH3.2ClH.H2Si.Zr/c1-2-4-5-3-1;;;;;;;;;;/h1-3H,4H2;6*1H3;2*1H;1H2;/q7*-1;;;;. The van der Waals surface area contributed by atoms with E-state index in [0.717, 1.165) is 6.42 Å². The van der Waals surface area contributed by atoms with Crippen LogP contribution in [0.3, 0.4) is 0 Å². The summed E-state index contributed by atoms with van der Waals surface area (Å²) in [4.78, 5) is 0. The van der Waals surface area contributed by atoms with Crippen molar-refractivity contribution in [3.63, 3.8) is 0 Å². The Bertz CT molecular complexity index is 86.6. The Kier molecular flexibility index (Phi) is 387. The molecule has 0 nitrogen and oxygen atoms in total. The van der Waals surface area contributed by atoms with Gasteiger partial charge < -0.3 is 44.6 Å². The topological polar surface area (TPSA) is 0 Å². The number of halogens is 2. The molecule has 0 aliphatic heterocycles. The molecule has 0 spiro atoms. The Morgan fingerprint density at radius 3 is 1.27 bits per heavy atom. The summed E-state index contributed by atoms with van der Waals surface area (Å²) in [5.41, 5.74) is 0. The van der Waals surface area contributed by atoms with Crippen LogP contribution in [-0.2, 0) is 23.3 Å². The van der Waals surface area contributed by atoms with Gasteiger partial charge in [-0.15, -0.1) is 31.2 Å². The van der Waals surface area contributed by atoms with Gasteiger partial charge in [-0.25, -0.2) is 12.2 Å². The fourth-order valence-corrected chi connectivity index (χ4v) is 0.340. The van der Waals surface area contributed by atoms with Gasteiger partial charge in [0, 0.05) is 0 Å². The summed E-state index contributed by atoms with van der Waals surface area (Å²) < 4.78 is 0. The molecule has 0 aromatic heterocycles. The van der Waals surface area contributed by atoms with Crippen LogP contribution in [0, 0.1) is 50.6 Å². The van der Waals surface area contributed by atoms with Crippen molar-refractivity contribution >= 4 is 31.7 Å². The maximum atomic E-state index is 2.99.